The fourth-order valence-electron chi connectivity index (χ4n) is 4.28. The lowest BCUT2D eigenvalue weighted by Crippen LogP contribution is -2.64. The molecular weight excluding hydrogens is 290 g/mol. The summed E-state index contributed by atoms with van der Waals surface area (Å²) in [7, 11) is 0. The molecule has 5 nitrogen and oxygen atoms in total. The highest BCUT2D eigenvalue weighted by Crippen LogP contribution is 2.32. The van der Waals surface area contributed by atoms with Crippen LogP contribution in [0.2, 0.25) is 0 Å². The minimum absolute atomic E-state index is 0.0177. The summed E-state index contributed by atoms with van der Waals surface area (Å²) < 4.78 is 0. The second-order valence-electron chi connectivity index (χ2n) is 6.99. The SMILES string of the molecule is O=C1CN(Cc2ccccc2)CC(=O)N1C1CN2CCC1CC2. The number of piperazine rings is 1. The molecule has 1 unspecified atom stereocenters. The van der Waals surface area contributed by atoms with Gasteiger partial charge in [0.2, 0.25) is 11.8 Å². The van der Waals surface area contributed by atoms with Crippen LogP contribution in [0, 0.1) is 5.92 Å². The van der Waals surface area contributed by atoms with E-state index in [1.165, 1.54) is 0 Å². The summed E-state index contributed by atoms with van der Waals surface area (Å²) >= 11 is 0. The Morgan fingerprint density at radius 3 is 2.17 bits per heavy atom. The Labute approximate surface area is 136 Å². The minimum Gasteiger partial charge on any atom is -0.301 e. The molecule has 4 fully saturated rings. The topological polar surface area (TPSA) is 43.9 Å². The van der Waals surface area contributed by atoms with Gasteiger partial charge in [-0.1, -0.05) is 30.3 Å². The number of fused-ring (bicyclic) bond motifs is 3. The zero-order valence-electron chi connectivity index (χ0n) is 13.4. The molecule has 4 aliphatic rings. The Balaban J connectivity index is 1.44. The Bertz CT molecular complexity index is 578. The van der Waals surface area contributed by atoms with Gasteiger partial charge in [-0.25, -0.2) is 0 Å². The summed E-state index contributed by atoms with van der Waals surface area (Å²) in [5.74, 6) is 0.473. The molecule has 2 bridgehead atoms. The van der Waals surface area contributed by atoms with Crippen LogP contribution in [0.4, 0.5) is 0 Å². The standard InChI is InChI=1S/C18H23N3O2/c22-17-12-20(10-14-4-2-1-3-5-14)13-18(23)21(17)16-11-19-8-6-15(16)7-9-19/h1-5,15-16H,6-13H2. The van der Waals surface area contributed by atoms with Crippen LogP contribution in [-0.4, -0.2) is 65.3 Å². The maximum absolute atomic E-state index is 12.6. The van der Waals surface area contributed by atoms with E-state index in [-0.39, 0.29) is 17.9 Å². The quantitative estimate of drug-likeness (QED) is 0.780. The third kappa shape index (κ3) is 2.91. The number of imide groups is 1. The highest BCUT2D eigenvalue weighted by Gasteiger charge is 2.44. The number of amides is 2. The summed E-state index contributed by atoms with van der Waals surface area (Å²) in [5.41, 5.74) is 1.14. The van der Waals surface area contributed by atoms with Crippen LogP contribution in [0.1, 0.15) is 18.4 Å². The predicted octanol–water partition coefficient (Wildman–Crippen LogP) is 0.952. The van der Waals surface area contributed by atoms with Crippen molar-refractivity contribution in [3.63, 3.8) is 0 Å². The fraction of sp³-hybridized carbons (Fsp3) is 0.556. The Morgan fingerprint density at radius 2 is 1.61 bits per heavy atom. The number of benzene rings is 1. The molecule has 1 aromatic carbocycles. The van der Waals surface area contributed by atoms with E-state index >= 15 is 0 Å². The second kappa shape index (κ2) is 6.06. The monoisotopic (exact) mass is 313 g/mol. The number of carbonyl (C=O) groups is 2. The number of rotatable bonds is 3. The van der Waals surface area contributed by atoms with Crippen molar-refractivity contribution in [1.82, 2.24) is 14.7 Å². The van der Waals surface area contributed by atoms with Crippen molar-refractivity contribution in [3.05, 3.63) is 35.9 Å². The summed E-state index contributed by atoms with van der Waals surface area (Å²) in [6, 6.07) is 10.1. The van der Waals surface area contributed by atoms with Crippen molar-refractivity contribution < 1.29 is 9.59 Å². The van der Waals surface area contributed by atoms with Crippen molar-refractivity contribution in [3.8, 4) is 0 Å². The van der Waals surface area contributed by atoms with E-state index < -0.39 is 0 Å². The van der Waals surface area contributed by atoms with Crippen LogP contribution in [0.15, 0.2) is 30.3 Å². The Morgan fingerprint density at radius 1 is 0.957 bits per heavy atom. The highest BCUT2D eigenvalue weighted by atomic mass is 16.2. The summed E-state index contributed by atoms with van der Waals surface area (Å²) in [4.78, 5) is 31.2. The van der Waals surface area contributed by atoms with Crippen LogP contribution in [0.3, 0.4) is 0 Å². The molecule has 5 heteroatoms. The molecule has 5 rings (SSSR count). The fourth-order valence-corrected chi connectivity index (χ4v) is 4.28. The number of hydrogen-bond acceptors (Lipinski definition) is 4. The molecular formula is C18H23N3O2. The van der Waals surface area contributed by atoms with Gasteiger partial charge in [-0.3, -0.25) is 19.4 Å². The van der Waals surface area contributed by atoms with Gasteiger partial charge in [0.15, 0.2) is 0 Å². The number of nitrogens with zero attached hydrogens (tertiary/aromatic N) is 3. The van der Waals surface area contributed by atoms with E-state index in [0.29, 0.717) is 25.6 Å². The molecule has 122 valence electrons. The van der Waals surface area contributed by atoms with Crippen LogP contribution in [-0.2, 0) is 16.1 Å². The zero-order valence-corrected chi connectivity index (χ0v) is 13.4. The van der Waals surface area contributed by atoms with E-state index in [1.807, 2.05) is 35.2 Å². The van der Waals surface area contributed by atoms with Gasteiger partial charge >= 0.3 is 0 Å². The first-order valence-corrected chi connectivity index (χ1v) is 8.54. The lowest BCUT2D eigenvalue weighted by atomic mass is 9.82. The van der Waals surface area contributed by atoms with E-state index in [2.05, 4.69) is 4.90 Å². The first-order chi connectivity index (χ1) is 11.2. The second-order valence-corrected chi connectivity index (χ2v) is 6.99. The molecule has 1 atom stereocenters. The average Bonchev–Trinajstić information content (AvgIpc) is 2.56. The summed E-state index contributed by atoms with van der Waals surface area (Å²) in [6.45, 7) is 4.48. The normalized spacial score (nSPS) is 31.7. The van der Waals surface area contributed by atoms with Gasteiger partial charge in [0.1, 0.15) is 0 Å². The van der Waals surface area contributed by atoms with Gasteiger partial charge in [-0.05, 0) is 37.4 Å². The third-order valence-corrected chi connectivity index (χ3v) is 5.46. The van der Waals surface area contributed by atoms with Crippen LogP contribution >= 0.6 is 0 Å². The molecule has 0 saturated carbocycles. The molecule has 1 aromatic rings. The molecule has 4 saturated heterocycles. The third-order valence-electron chi connectivity index (χ3n) is 5.46. The van der Waals surface area contributed by atoms with Gasteiger partial charge in [0, 0.05) is 13.1 Å². The minimum atomic E-state index is -0.0177. The van der Waals surface area contributed by atoms with E-state index in [1.54, 1.807) is 4.90 Å². The maximum Gasteiger partial charge on any atom is 0.243 e. The van der Waals surface area contributed by atoms with E-state index in [4.69, 9.17) is 0 Å². The molecule has 0 N–H and O–H groups in total. The smallest absolute Gasteiger partial charge is 0.243 e. The predicted molar refractivity (Wildman–Crippen MR) is 86.5 cm³/mol. The largest absolute Gasteiger partial charge is 0.301 e. The molecule has 0 aromatic heterocycles. The lowest BCUT2D eigenvalue weighted by Gasteiger charge is -2.49. The molecule has 0 radical (unpaired) electrons. The number of hydrogen-bond donors (Lipinski definition) is 0. The Kier molecular flexibility index (Phi) is 3.91. The lowest BCUT2D eigenvalue weighted by molar-refractivity contribution is -0.159. The van der Waals surface area contributed by atoms with Crippen LogP contribution < -0.4 is 0 Å². The van der Waals surface area contributed by atoms with E-state index in [0.717, 1.165) is 38.0 Å². The summed E-state index contributed by atoms with van der Waals surface area (Å²) in [6.07, 6.45) is 2.24. The molecule has 0 spiro atoms. The first-order valence-electron chi connectivity index (χ1n) is 8.54. The zero-order chi connectivity index (χ0) is 15.8. The summed E-state index contributed by atoms with van der Waals surface area (Å²) in [5, 5.41) is 0. The number of piperidine rings is 3. The molecule has 23 heavy (non-hydrogen) atoms. The van der Waals surface area contributed by atoms with Crippen molar-refractivity contribution >= 4 is 11.8 Å². The van der Waals surface area contributed by atoms with Crippen molar-refractivity contribution in [2.75, 3.05) is 32.7 Å². The van der Waals surface area contributed by atoms with Gasteiger partial charge in [-0.15, -0.1) is 0 Å². The highest BCUT2D eigenvalue weighted by molar-refractivity contribution is 5.99. The van der Waals surface area contributed by atoms with Gasteiger partial charge < -0.3 is 4.90 Å². The number of carbonyl (C=O) groups excluding carboxylic acids is 2. The maximum atomic E-state index is 12.6. The molecule has 4 aliphatic heterocycles. The molecule has 2 amide bonds. The van der Waals surface area contributed by atoms with Crippen molar-refractivity contribution in [2.24, 2.45) is 5.92 Å². The van der Waals surface area contributed by atoms with Crippen molar-refractivity contribution in [2.45, 2.75) is 25.4 Å². The first kappa shape index (κ1) is 14.8. The van der Waals surface area contributed by atoms with Gasteiger partial charge in [-0.2, -0.15) is 0 Å². The van der Waals surface area contributed by atoms with Crippen LogP contribution in [0.25, 0.3) is 0 Å². The molecule has 0 aliphatic carbocycles. The van der Waals surface area contributed by atoms with E-state index in [9.17, 15) is 9.59 Å². The molecule has 4 heterocycles. The van der Waals surface area contributed by atoms with Crippen molar-refractivity contribution in [1.29, 1.82) is 0 Å². The van der Waals surface area contributed by atoms with Gasteiger partial charge in [0.25, 0.3) is 0 Å². The Hall–Kier alpha value is -1.72. The van der Waals surface area contributed by atoms with Gasteiger partial charge in [0.05, 0.1) is 19.1 Å². The average molecular weight is 313 g/mol. The van der Waals surface area contributed by atoms with Crippen LogP contribution in [0.5, 0.6) is 0 Å².